The lowest BCUT2D eigenvalue weighted by atomic mass is 10.1. The molecular formula is C28H28N8O2S. The number of pyridine rings is 1. The molecule has 0 bridgehead atoms. The zero-order chi connectivity index (χ0) is 26.3. The van der Waals surface area contributed by atoms with Gasteiger partial charge in [0, 0.05) is 73.1 Å². The number of carbonyl (C=O) groups excluding carboxylic acids is 1. The normalized spacial score (nSPS) is 16.8. The molecule has 0 unspecified atom stereocenters. The van der Waals surface area contributed by atoms with Crippen molar-refractivity contribution in [2.45, 2.75) is 0 Å². The molecule has 2 fully saturated rings. The summed E-state index contributed by atoms with van der Waals surface area (Å²) in [6.45, 7) is 6.09. The van der Waals surface area contributed by atoms with Crippen molar-refractivity contribution in [2.75, 3.05) is 64.4 Å². The largest absolute Gasteiger partial charge is 0.378 e. The number of nitrogens with zero attached hydrogens (tertiary/aromatic N) is 7. The third-order valence-corrected chi connectivity index (χ3v) is 8.62. The van der Waals surface area contributed by atoms with Crippen LogP contribution in [-0.4, -0.2) is 100 Å². The third kappa shape index (κ3) is 4.52. The highest BCUT2D eigenvalue weighted by Crippen LogP contribution is 2.39. The van der Waals surface area contributed by atoms with E-state index in [0.29, 0.717) is 24.6 Å². The van der Waals surface area contributed by atoms with E-state index in [-0.39, 0.29) is 5.91 Å². The number of amides is 1. The van der Waals surface area contributed by atoms with Crippen molar-refractivity contribution in [3.8, 4) is 21.8 Å². The van der Waals surface area contributed by atoms with Crippen LogP contribution in [0.15, 0.2) is 48.9 Å². The van der Waals surface area contributed by atoms with Crippen molar-refractivity contribution in [1.82, 2.24) is 34.9 Å². The molecular weight excluding hydrogens is 512 g/mol. The van der Waals surface area contributed by atoms with Gasteiger partial charge in [-0.25, -0.2) is 9.97 Å². The summed E-state index contributed by atoms with van der Waals surface area (Å²) in [5, 5.41) is 8.25. The number of aromatic amines is 1. The molecule has 6 heterocycles. The van der Waals surface area contributed by atoms with Crippen molar-refractivity contribution in [1.29, 1.82) is 0 Å². The van der Waals surface area contributed by atoms with Crippen LogP contribution in [0.25, 0.3) is 42.9 Å². The first kappa shape index (κ1) is 24.1. The number of rotatable bonds is 4. The summed E-state index contributed by atoms with van der Waals surface area (Å²) in [5.74, 6) is 1.60. The van der Waals surface area contributed by atoms with Crippen molar-refractivity contribution in [3.05, 3.63) is 54.5 Å². The zero-order valence-corrected chi connectivity index (χ0v) is 22.4. The van der Waals surface area contributed by atoms with Gasteiger partial charge in [0.2, 0.25) is 0 Å². The Morgan fingerprint density at radius 3 is 2.69 bits per heavy atom. The minimum absolute atomic E-state index is 0.0304. The zero-order valence-electron chi connectivity index (χ0n) is 21.6. The molecule has 10 nitrogen and oxygen atoms in total. The van der Waals surface area contributed by atoms with Gasteiger partial charge in [0.25, 0.3) is 5.91 Å². The Labute approximate surface area is 229 Å². The van der Waals surface area contributed by atoms with Crippen LogP contribution in [0.3, 0.4) is 0 Å². The minimum atomic E-state index is 0.0304. The van der Waals surface area contributed by atoms with E-state index >= 15 is 0 Å². The van der Waals surface area contributed by atoms with Gasteiger partial charge in [0.15, 0.2) is 11.6 Å². The Morgan fingerprint density at radius 1 is 1.00 bits per heavy atom. The molecule has 0 spiro atoms. The minimum Gasteiger partial charge on any atom is -0.378 e. The molecule has 4 aromatic heterocycles. The van der Waals surface area contributed by atoms with Gasteiger partial charge in [-0.1, -0.05) is 12.1 Å². The Hall–Kier alpha value is -3.93. The van der Waals surface area contributed by atoms with E-state index in [9.17, 15) is 4.79 Å². The second kappa shape index (κ2) is 9.99. The maximum atomic E-state index is 13.2. The summed E-state index contributed by atoms with van der Waals surface area (Å²) < 4.78 is 6.64. The van der Waals surface area contributed by atoms with Crippen LogP contribution in [-0.2, 0) is 4.74 Å². The number of fused-ring (bicyclic) bond motifs is 2. The summed E-state index contributed by atoms with van der Waals surface area (Å²) in [7, 11) is 2.08. The van der Waals surface area contributed by atoms with Gasteiger partial charge >= 0.3 is 0 Å². The topological polar surface area (TPSA) is 103 Å². The van der Waals surface area contributed by atoms with Crippen LogP contribution in [0.1, 0.15) is 10.4 Å². The molecule has 11 heteroatoms. The fourth-order valence-electron chi connectivity index (χ4n) is 5.21. The summed E-state index contributed by atoms with van der Waals surface area (Å²) in [4.78, 5) is 35.2. The van der Waals surface area contributed by atoms with Crippen LogP contribution >= 0.6 is 11.3 Å². The van der Waals surface area contributed by atoms with Gasteiger partial charge in [-0.05, 0) is 25.2 Å². The monoisotopic (exact) mass is 540 g/mol. The highest BCUT2D eigenvalue weighted by atomic mass is 32.1. The SMILES string of the molecule is CN1CCN(C(=O)c2cncc(-c3cc4nc(-c5cccc6[nH]ncc56)nc(N5CCOCC5)c4s3)c2)CC1. The lowest BCUT2D eigenvalue weighted by Gasteiger charge is -2.32. The number of thiophene rings is 1. The van der Waals surface area contributed by atoms with Gasteiger partial charge in [0.05, 0.1) is 40.7 Å². The molecule has 0 aliphatic carbocycles. The number of carbonyl (C=O) groups is 1. The van der Waals surface area contributed by atoms with Crippen molar-refractivity contribution < 1.29 is 9.53 Å². The average Bonchev–Trinajstić information content (AvgIpc) is 3.65. The maximum Gasteiger partial charge on any atom is 0.255 e. The second-order valence-electron chi connectivity index (χ2n) is 9.99. The number of H-pyrrole nitrogens is 1. The first-order valence-electron chi connectivity index (χ1n) is 13.1. The lowest BCUT2D eigenvalue weighted by molar-refractivity contribution is 0.0663. The van der Waals surface area contributed by atoms with Crippen LogP contribution in [0.2, 0.25) is 0 Å². The van der Waals surface area contributed by atoms with E-state index in [1.807, 2.05) is 41.6 Å². The van der Waals surface area contributed by atoms with Gasteiger partial charge in [0.1, 0.15) is 0 Å². The number of aromatic nitrogens is 5. The summed E-state index contributed by atoms with van der Waals surface area (Å²) in [6, 6.07) is 10.1. The molecule has 1 amide bonds. The maximum absolute atomic E-state index is 13.2. The molecule has 2 saturated heterocycles. The molecule has 0 atom stereocenters. The predicted molar refractivity (Wildman–Crippen MR) is 152 cm³/mol. The van der Waals surface area contributed by atoms with Crippen molar-refractivity contribution in [2.24, 2.45) is 0 Å². The van der Waals surface area contributed by atoms with Crippen LogP contribution < -0.4 is 4.90 Å². The second-order valence-corrected chi connectivity index (χ2v) is 11.0. The van der Waals surface area contributed by atoms with Gasteiger partial charge in [-0.15, -0.1) is 11.3 Å². The predicted octanol–water partition coefficient (Wildman–Crippen LogP) is 3.52. The van der Waals surface area contributed by atoms with Crippen LogP contribution in [0.5, 0.6) is 0 Å². The van der Waals surface area contributed by atoms with E-state index < -0.39 is 0 Å². The van der Waals surface area contributed by atoms with E-state index in [1.165, 1.54) is 0 Å². The van der Waals surface area contributed by atoms with E-state index in [1.54, 1.807) is 17.5 Å². The number of hydrogen-bond donors (Lipinski definition) is 1. The average molecular weight is 541 g/mol. The number of hydrogen-bond acceptors (Lipinski definition) is 9. The molecule has 1 aromatic carbocycles. The van der Waals surface area contributed by atoms with Gasteiger partial charge in [-0.3, -0.25) is 14.9 Å². The Morgan fingerprint density at radius 2 is 1.85 bits per heavy atom. The Kier molecular flexibility index (Phi) is 6.18. The molecule has 2 aliphatic heterocycles. The number of piperazine rings is 1. The summed E-state index contributed by atoms with van der Waals surface area (Å²) >= 11 is 1.64. The summed E-state index contributed by atoms with van der Waals surface area (Å²) in [6.07, 6.45) is 5.31. The smallest absolute Gasteiger partial charge is 0.255 e. The summed E-state index contributed by atoms with van der Waals surface area (Å²) in [5.41, 5.74) is 4.28. The van der Waals surface area contributed by atoms with Crippen molar-refractivity contribution in [3.63, 3.8) is 0 Å². The Bertz CT molecular complexity index is 1670. The van der Waals surface area contributed by atoms with Crippen LogP contribution in [0.4, 0.5) is 5.82 Å². The fraction of sp³-hybridized carbons (Fsp3) is 0.321. The molecule has 2 aliphatic rings. The number of nitrogens with one attached hydrogen (secondary N) is 1. The molecule has 1 N–H and O–H groups in total. The number of benzene rings is 1. The number of anilines is 1. The van der Waals surface area contributed by atoms with E-state index in [4.69, 9.17) is 14.7 Å². The molecule has 198 valence electrons. The Balaban J connectivity index is 1.31. The van der Waals surface area contributed by atoms with Gasteiger partial charge < -0.3 is 19.4 Å². The number of likely N-dealkylation sites (N-methyl/N-ethyl adjacent to an activating group) is 1. The molecule has 39 heavy (non-hydrogen) atoms. The molecule has 0 radical (unpaired) electrons. The molecule has 7 rings (SSSR count). The van der Waals surface area contributed by atoms with E-state index in [0.717, 1.165) is 82.2 Å². The number of ether oxygens (including phenoxy) is 1. The highest BCUT2D eigenvalue weighted by molar-refractivity contribution is 7.22. The van der Waals surface area contributed by atoms with Crippen molar-refractivity contribution >= 4 is 44.2 Å². The third-order valence-electron chi connectivity index (χ3n) is 7.45. The quantitative estimate of drug-likeness (QED) is 0.369. The molecule has 5 aromatic rings. The first-order chi connectivity index (χ1) is 19.1. The number of morpholine rings is 1. The lowest BCUT2D eigenvalue weighted by Crippen LogP contribution is -2.47. The standard InChI is InChI=1S/C28H28N8O2S/c1-34-5-7-36(8-6-34)28(37)19-13-18(15-29-16-19)24-14-23-25(39-24)27(35-9-11-38-12-10-35)32-26(31-23)20-3-2-4-22-21(20)17-30-33-22/h2-4,13-17H,5-12H2,1H3,(H,30,33). The molecule has 0 saturated carbocycles. The first-order valence-corrected chi connectivity index (χ1v) is 14.0. The van der Waals surface area contributed by atoms with E-state index in [2.05, 4.69) is 38.1 Å². The highest BCUT2D eigenvalue weighted by Gasteiger charge is 2.23. The van der Waals surface area contributed by atoms with Gasteiger partial charge in [-0.2, -0.15) is 5.10 Å². The van der Waals surface area contributed by atoms with Crippen LogP contribution in [0, 0.1) is 0 Å². The fourth-order valence-corrected chi connectivity index (χ4v) is 6.31.